The molecule has 3 rings (SSSR count). The van der Waals surface area contributed by atoms with Crippen molar-refractivity contribution in [2.75, 3.05) is 27.3 Å². The molecule has 0 aliphatic carbocycles. The Labute approximate surface area is 149 Å². The van der Waals surface area contributed by atoms with E-state index in [1.165, 1.54) is 5.69 Å². The lowest BCUT2D eigenvalue weighted by molar-refractivity contribution is 0.297. The summed E-state index contributed by atoms with van der Waals surface area (Å²) in [5.41, 5.74) is 2.37. The molecule has 6 heteroatoms. The number of aryl methyl sites for hydroxylation is 1. The molecule has 0 saturated heterocycles. The molecule has 0 bridgehead atoms. The molecule has 1 aromatic carbocycles. The van der Waals surface area contributed by atoms with Gasteiger partial charge in [0, 0.05) is 46.0 Å². The third-order valence-electron chi connectivity index (χ3n) is 4.29. The standard InChI is InChI=1S/C19H26N4O2/c1-20-19(23(3)14-16-6-4-9-22(16)2)21-13-15-7-8-17-18(12-15)25-11-5-10-24-17/h4,6-9,12H,5,10-11,13-14H2,1-3H3,(H,20,21). The second-order valence-corrected chi connectivity index (χ2v) is 6.20. The van der Waals surface area contributed by atoms with Crippen molar-refractivity contribution in [2.24, 2.45) is 12.0 Å². The summed E-state index contributed by atoms with van der Waals surface area (Å²) in [6.45, 7) is 2.89. The molecule has 25 heavy (non-hydrogen) atoms. The first-order chi connectivity index (χ1) is 12.2. The van der Waals surface area contributed by atoms with Crippen LogP contribution in [0, 0.1) is 0 Å². The molecule has 0 fully saturated rings. The van der Waals surface area contributed by atoms with Crippen LogP contribution in [0.25, 0.3) is 0 Å². The highest BCUT2D eigenvalue weighted by Gasteiger charge is 2.12. The molecule has 0 saturated carbocycles. The van der Waals surface area contributed by atoms with Crippen LogP contribution < -0.4 is 14.8 Å². The van der Waals surface area contributed by atoms with Gasteiger partial charge < -0.3 is 24.3 Å². The van der Waals surface area contributed by atoms with Crippen LogP contribution in [0.5, 0.6) is 11.5 Å². The fraction of sp³-hybridized carbons (Fsp3) is 0.421. The maximum Gasteiger partial charge on any atom is 0.194 e. The molecule has 134 valence electrons. The highest BCUT2D eigenvalue weighted by Crippen LogP contribution is 2.30. The lowest BCUT2D eigenvalue weighted by atomic mass is 10.2. The average Bonchev–Trinajstić information content (AvgIpc) is 2.87. The van der Waals surface area contributed by atoms with Crippen molar-refractivity contribution in [2.45, 2.75) is 19.5 Å². The van der Waals surface area contributed by atoms with E-state index in [1.54, 1.807) is 7.05 Å². The monoisotopic (exact) mass is 342 g/mol. The van der Waals surface area contributed by atoms with E-state index >= 15 is 0 Å². The number of aliphatic imine (C=N–C) groups is 1. The summed E-state index contributed by atoms with van der Waals surface area (Å²) in [6, 6.07) is 10.3. The Hall–Kier alpha value is -2.63. The second-order valence-electron chi connectivity index (χ2n) is 6.20. The van der Waals surface area contributed by atoms with Crippen LogP contribution in [0.4, 0.5) is 0 Å². The third-order valence-corrected chi connectivity index (χ3v) is 4.29. The van der Waals surface area contributed by atoms with Crippen molar-refractivity contribution >= 4 is 5.96 Å². The van der Waals surface area contributed by atoms with Gasteiger partial charge in [0.2, 0.25) is 0 Å². The van der Waals surface area contributed by atoms with Gasteiger partial charge in [0.05, 0.1) is 19.8 Å². The van der Waals surface area contributed by atoms with Gasteiger partial charge in [-0.15, -0.1) is 0 Å². The number of guanidine groups is 1. The van der Waals surface area contributed by atoms with Crippen LogP contribution in [0.3, 0.4) is 0 Å². The normalized spacial score (nSPS) is 14.1. The van der Waals surface area contributed by atoms with Crippen LogP contribution in [-0.4, -0.2) is 42.7 Å². The average molecular weight is 342 g/mol. The Morgan fingerprint density at radius 3 is 2.76 bits per heavy atom. The molecule has 6 nitrogen and oxygen atoms in total. The Morgan fingerprint density at radius 1 is 1.24 bits per heavy atom. The van der Waals surface area contributed by atoms with Crippen molar-refractivity contribution in [3.05, 3.63) is 47.8 Å². The predicted molar refractivity (Wildman–Crippen MR) is 99.1 cm³/mol. The molecular weight excluding hydrogens is 316 g/mol. The molecule has 1 aliphatic heterocycles. The number of nitrogens with zero attached hydrogens (tertiary/aromatic N) is 3. The van der Waals surface area contributed by atoms with Gasteiger partial charge in [-0.2, -0.15) is 0 Å². The number of hydrogen-bond donors (Lipinski definition) is 1. The SMILES string of the molecule is CN=C(NCc1ccc2c(c1)OCCCO2)N(C)Cc1cccn1C. The topological polar surface area (TPSA) is 51.0 Å². The van der Waals surface area contributed by atoms with E-state index in [2.05, 4.69) is 51.2 Å². The fourth-order valence-electron chi connectivity index (χ4n) is 2.86. The number of rotatable bonds is 4. The highest BCUT2D eigenvalue weighted by molar-refractivity contribution is 5.79. The number of hydrogen-bond acceptors (Lipinski definition) is 3. The van der Waals surface area contributed by atoms with Crippen molar-refractivity contribution in [1.29, 1.82) is 0 Å². The molecule has 1 aliphatic rings. The van der Waals surface area contributed by atoms with Crippen molar-refractivity contribution in [1.82, 2.24) is 14.8 Å². The van der Waals surface area contributed by atoms with E-state index in [1.807, 2.05) is 19.2 Å². The summed E-state index contributed by atoms with van der Waals surface area (Å²) >= 11 is 0. The molecule has 0 spiro atoms. The first-order valence-electron chi connectivity index (χ1n) is 8.58. The third kappa shape index (κ3) is 4.26. The maximum atomic E-state index is 5.76. The van der Waals surface area contributed by atoms with Crippen LogP contribution in [0.2, 0.25) is 0 Å². The smallest absolute Gasteiger partial charge is 0.194 e. The van der Waals surface area contributed by atoms with Crippen LogP contribution in [-0.2, 0) is 20.1 Å². The lowest BCUT2D eigenvalue weighted by Crippen LogP contribution is -2.38. The number of aromatic nitrogens is 1. The lowest BCUT2D eigenvalue weighted by Gasteiger charge is -2.22. The number of benzene rings is 1. The minimum absolute atomic E-state index is 0.681. The van der Waals surface area contributed by atoms with E-state index in [4.69, 9.17) is 9.47 Å². The zero-order chi connectivity index (χ0) is 17.6. The summed E-state index contributed by atoms with van der Waals surface area (Å²) in [5.74, 6) is 2.50. The molecule has 2 heterocycles. The number of ether oxygens (including phenoxy) is 2. The molecular formula is C19H26N4O2. The van der Waals surface area contributed by atoms with Crippen molar-refractivity contribution in [3.8, 4) is 11.5 Å². The van der Waals surface area contributed by atoms with E-state index < -0.39 is 0 Å². The molecule has 0 unspecified atom stereocenters. The number of fused-ring (bicyclic) bond motifs is 1. The highest BCUT2D eigenvalue weighted by atomic mass is 16.5. The van der Waals surface area contributed by atoms with Gasteiger partial charge in [-0.05, 0) is 29.8 Å². The Bertz CT molecular complexity index is 739. The second kappa shape index (κ2) is 7.96. The van der Waals surface area contributed by atoms with E-state index in [0.29, 0.717) is 19.8 Å². The van der Waals surface area contributed by atoms with Gasteiger partial charge in [-0.3, -0.25) is 4.99 Å². The zero-order valence-corrected chi connectivity index (χ0v) is 15.2. The minimum atomic E-state index is 0.681. The predicted octanol–water partition coefficient (Wildman–Crippen LogP) is 2.39. The summed E-state index contributed by atoms with van der Waals surface area (Å²) in [4.78, 5) is 6.49. The molecule has 1 N–H and O–H groups in total. The van der Waals surface area contributed by atoms with Crippen LogP contribution in [0.15, 0.2) is 41.5 Å². The fourth-order valence-corrected chi connectivity index (χ4v) is 2.86. The minimum Gasteiger partial charge on any atom is -0.490 e. The largest absolute Gasteiger partial charge is 0.490 e. The van der Waals surface area contributed by atoms with Gasteiger partial charge >= 0.3 is 0 Å². The molecule has 2 aromatic rings. The van der Waals surface area contributed by atoms with Crippen LogP contribution in [0.1, 0.15) is 17.7 Å². The summed E-state index contributed by atoms with van der Waals surface area (Å²) < 4.78 is 13.6. The summed E-state index contributed by atoms with van der Waals surface area (Å²) in [7, 11) is 5.89. The Morgan fingerprint density at radius 2 is 2.04 bits per heavy atom. The Kier molecular flexibility index (Phi) is 5.48. The van der Waals surface area contributed by atoms with E-state index in [-0.39, 0.29) is 0 Å². The Balaban J connectivity index is 1.61. The molecule has 0 atom stereocenters. The quantitative estimate of drug-likeness (QED) is 0.685. The van der Waals surface area contributed by atoms with Crippen molar-refractivity contribution < 1.29 is 9.47 Å². The van der Waals surface area contributed by atoms with E-state index in [0.717, 1.165) is 36.0 Å². The molecule has 0 radical (unpaired) electrons. The van der Waals surface area contributed by atoms with E-state index in [9.17, 15) is 0 Å². The maximum absolute atomic E-state index is 5.76. The first kappa shape index (κ1) is 17.2. The van der Waals surface area contributed by atoms with Gasteiger partial charge in [0.1, 0.15) is 0 Å². The summed E-state index contributed by atoms with van der Waals surface area (Å²) in [5, 5.41) is 3.41. The van der Waals surface area contributed by atoms with Crippen LogP contribution >= 0.6 is 0 Å². The zero-order valence-electron chi connectivity index (χ0n) is 15.2. The summed E-state index contributed by atoms with van der Waals surface area (Å²) in [6.07, 6.45) is 2.97. The van der Waals surface area contributed by atoms with Gasteiger partial charge in [0.25, 0.3) is 0 Å². The number of nitrogens with one attached hydrogen (secondary N) is 1. The molecule has 0 amide bonds. The first-order valence-corrected chi connectivity index (χ1v) is 8.58. The van der Waals surface area contributed by atoms with Crippen molar-refractivity contribution in [3.63, 3.8) is 0 Å². The van der Waals surface area contributed by atoms with Gasteiger partial charge in [-0.25, -0.2) is 0 Å². The van der Waals surface area contributed by atoms with Gasteiger partial charge in [-0.1, -0.05) is 6.07 Å². The molecule has 1 aromatic heterocycles. The van der Waals surface area contributed by atoms with Gasteiger partial charge in [0.15, 0.2) is 17.5 Å².